The Hall–Kier alpha value is -3.75. The maximum absolute atomic E-state index is 12.3. The molecule has 0 saturated carbocycles. The molecule has 0 aliphatic rings. The maximum atomic E-state index is 12.3. The number of hydrogen-bond donors (Lipinski definition) is 2. The van der Waals surface area contributed by atoms with Crippen molar-refractivity contribution in [2.45, 2.75) is 6.92 Å². The van der Waals surface area contributed by atoms with Gasteiger partial charge in [0.2, 0.25) is 0 Å². The van der Waals surface area contributed by atoms with Crippen LogP contribution in [0.4, 0.5) is 5.69 Å². The van der Waals surface area contributed by atoms with E-state index in [9.17, 15) is 9.59 Å². The number of benzene rings is 3. The Bertz CT molecular complexity index is 1260. The summed E-state index contributed by atoms with van der Waals surface area (Å²) in [5.74, 6) is 0.256. The Balaban J connectivity index is 1.63. The number of anilines is 1. The largest absolute Gasteiger partial charge is 0.497 e. The predicted octanol–water partition coefficient (Wildman–Crippen LogP) is 5.10. The number of nitrogens with zero attached hydrogens (tertiary/aromatic N) is 1. The third kappa shape index (κ3) is 7.11. The molecule has 0 aliphatic heterocycles. The standard InChI is InChI=1S/C25H23Cl2N3O5/c1-15-7-8-18(12-20(15)26)29-23(31)14-35-24-21(27)9-16(10-22(24)34-3)13-28-30-25(32)17-5-4-6-19(11-17)33-2/h4-13H,14H2,1-3H3,(H,29,31)(H,30,32)/b28-13+. The summed E-state index contributed by atoms with van der Waals surface area (Å²) in [6.45, 7) is 1.57. The van der Waals surface area contributed by atoms with Gasteiger partial charge < -0.3 is 19.5 Å². The van der Waals surface area contributed by atoms with Crippen molar-refractivity contribution in [2.75, 3.05) is 26.1 Å². The molecule has 0 fully saturated rings. The highest BCUT2D eigenvalue weighted by atomic mass is 35.5. The van der Waals surface area contributed by atoms with Gasteiger partial charge in [-0.2, -0.15) is 5.10 Å². The summed E-state index contributed by atoms with van der Waals surface area (Å²) < 4.78 is 16.1. The van der Waals surface area contributed by atoms with Gasteiger partial charge in [0.15, 0.2) is 18.1 Å². The summed E-state index contributed by atoms with van der Waals surface area (Å²) in [7, 11) is 2.96. The molecule has 0 unspecified atom stereocenters. The van der Waals surface area contributed by atoms with Gasteiger partial charge in [0.1, 0.15) is 5.75 Å². The van der Waals surface area contributed by atoms with Crippen LogP contribution < -0.4 is 25.0 Å². The number of hydrazone groups is 1. The van der Waals surface area contributed by atoms with Gasteiger partial charge in [-0.1, -0.05) is 35.3 Å². The second kappa shape index (κ2) is 12.1. The molecule has 0 aliphatic carbocycles. The zero-order valence-corrected chi connectivity index (χ0v) is 20.7. The average molecular weight is 516 g/mol. The van der Waals surface area contributed by atoms with Crippen molar-refractivity contribution in [3.05, 3.63) is 81.3 Å². The first-order valence-electron chi connectivity index (χ1n) is 10.3. The summed E-state index contributed by atoms with van der Waals surface area (Å²) in [6, 6.07) is 15.1. The molecule has 35 heavy (non-hydrogen) atoms. The molecule has 2 amide bonds. The van der Waals surface area contributed by atoms with Crippen molar-refractivity contribution < 1.29 is 23.8 Å². The highest BCUT2D eigenvalue weighted by Gasteiger charge is 2.14. The van der Waals surface area contributed by atoms with Crippen molar-refractivity contribution in [2.24, 2.45) is 5.10 Å². The molecule has 0 atom stereocenters. The van der Waals surface area contributed by atoms with E-state index in [1.54, 1.807) is 54.6 Å². The second-order valence-corrected chi connectivity index (χ2v) is 8.08. The Morgan fingerprint density at radius 2 is 1.80 bits per heavy atom. The third-order valence-electron chi connectivity index (χ3n) is 4.77. The van der Waals surface area contributed by atoms with Gasteiger partial charge in [0.25, 0.3) is 11.8 Å². The number of ether oxygens (including phenoxy) is 3. The molecular formula is C25H23Cl2N3O5. The maximum Gasteiger partial charge on any atom is 0.271 e. The predicted molar refractivity (Wildman–Crippen MR) is 136 cm³/mol. The number of aryl methyl sites for hydroxylation is 1. The molecule has 0 radical (unpaired) electrons. The first-order valence-corrected chi connectivity index (χ1v) is 11.1. The van der Waals surface area contributed by atoms with Gasteiger partial charge >= 0.3 is 0 Å². The number of nitrogens with one attached hydrogen (secondary N) is 2. The topological polar surface area (TPSA) is 98.3 Å². The van der Waals surface area contributed by atoms with Crippen LogP contribution in [0.3, 0.4) is 0 Å². The molecular weight excluding hydrogens is 493 g/mol. The minimum absolute atomic E-state index is 0.198. The van der Waals surface area contributed by atoms with E-state index >= 15 is 0 Å². The van der Waals surface area contributed by atoms with Crippen LogP contribution in [0.5, 0.6) is 17.2 Å². The highest BCUT2D eigenvalue weighted by molar-refractivity contribution is 6.32. The molecule has 0 spiro atoms. The lowest BCUT2D eigenvalue weighted by atomic mass is 10.2. The SMILES string of the molecule is COc1cccc(C(=O)N/N=C/c2cc(Cl)c(OCC(=O)Nc3ccc(C)c(Cl)c3)c(OC)c2)c1. The van der Waals surface area contributed by atoms with Crippen LogP contribution in [0.15, 0.2) is 59.7 Å². The highest BCUT2D eigenvalue weighted by Crippen LogP contribution is 2.36. The van der Waals surface area contributed by atoms with Crippen LogP contribution >= 0.6 is 23.2 Å². The van der Waals surface area contributed by atoms with Crippen molar-refractivity contribution in [3.8, 4) is 17.2 Å². The van der Waals surface area contributed by atoms with Crippen molar-refractivity contribution in [3.63, 3.8) is 0 Å². The molecule has 8 nitrogen and oxygen atoms in total. The summed E-state index contributed by atoms with van der Waals surface area (Å²) >= 11 is 12.4. The second-order valence-electron chi connectivity index (χ2n) is 7.27. The number of amides is 2. The first kappa shape index (κ1) is 25.9. The Morgan fingerprint density at radius 1 is 1.00 bits per heavy atom. The average Bonchev–Trinajstić information content (AvgIpc) is 2.85. The van der Waals surface area contributed by atoms with Crippen LogP contribution in [0.2, 0.25) is 10.0 Å². The van der Waals surface area contributed by atoms with Crippen LogP contribution in [0.25, 0.3) is 0 Å². The zero-order chi connectivity index (χ0) is 25.4. The molecule has 2 N–H and O–H groups in total. The number of carbonyl (C=O) groups is 2. The minimum Gasteiger partial charge on any atom is -0.497 e. The van der Waals surface area contributed by atoms with E-state index in [0.29, 0.717) is 33.3 Å². The number of halogens is 2. The monoisotopic (exact) mass is 515 g/mol. The van der Waals surface area contributed by atoms with E-state index in [0.717, 1.165) is 5.56 Å². The zero-order valence-electron chi connectivity index (χ0n) is 19.2. The van der Waals surface area contributed by atoms with Gasteiger partial charge in [-0.15, -0.1) is 0 Å². The summed E-state index contributed by atoms with van der Waals surface area (Å²) in [4.78, 5) is 24.6. The quantitative estimate of drug-likeness (QED) is 0.305. The molecule has 3 aromatic rings. The summed E-state index contributed by atoms with van der Waals surface area (Å²) in [6.07, 6.45) is 1.41. The van der Waals surface area contributed by atoms with Crippen LogP contribution in [0, 0.1) is 6.92 Å². The van der Waals surface area contributed by atoms with E-state index in [2.05, 4.69) is 15.8 Å². The van der Waals surface area contributed by atoms with Crippen molar-refractivity contribution >= 4 is 46.9 Å². The number of carbonyl (C=O) groups excluding carboxylic acids is 2. The Kier molecular flexibility index (Phi) is 8.94. The molecule has 0 bridgehead atoms. The van der Waals surface area contributed by atoms with Gasteiger partial charge in [0, 0.05) is 16.3 Å². The molecule has 3 aromatic carbocycles. The molecule has 3 rings (SSSR count). The number of methoxy groups -OCH3 is 2. The fraction of sp³-hybridized carbons (Fsp3) is 0.160. The van der Waals surface area contributed by atoms with Crippen LogP contribution in [-0.4, -0.2) is 38.9 Å². The molecule has 182 valence electrons. The smallest absolute Gasteiger partial charge is 0.271 e. The Morgan fingerprint density at radius 3 is 2.51 bits per heavy atom. The Labute approximate surface area is 212 Å². The number of rotatable bonds is 9. The third-order valence-corrected chi connectivity index (χ3v) is 5.45. The fourth-order valence-corrected chi connectivity index (χ4v) is 3.41. The lowest BCUT2D eigenvalue weighted by Gasteiger charge is -2.13. The first-order chi connectivity index (χ1) is 16.8. The van der Waals surface area contributed by atoms with Crippen molar-refractivity contribution in [1.82, 2.24) is 5.43 Å². The van der Waals surface area contributed by atoms with Crippen LogP contribution in [-0.2, 0) is 4.79 Å². The normalized spacial score (nSPS) is 10.7. The molecule has 0 aromatic heterocycles. The molecule has 0 saturated heterocycles. The summed E-state index contributed by atoms with van der Waals surface area (Å²) in [5.41, 5.74) is 4.83. The van der Waals surface area contributed by atoms with E-state index in [1.165, 1.54) is 20.4 Å². The van der Waals surface area contributed by atoms with E-state index in [-0.39, 0.29) is 17.4 Å². The molecule has 10 heteroatoms. The molecule has 0 heterocycles. The van der Waals surface area contributed by atoms with Gasteiger partial charge in [-0.05, 0) is 60.5 Å². The number of hydrogen-bond acceptors (Lipinski definition) is 6. The van der Waals surface area contributed by atoms with Crippen molar-refractivity contribution in [1.29, 1.82) is 0 Å². The van der Waals surface area contributed by atoms with E-state index < -0.39 is 11.8 Å². The van der Waals surface area contributed by atoms with E-state index in [4.69, 9.17) is 37.4 Å². The lowest BCUT2D eigenvalue weighted by molar-refractivity contribution is -0.118. The lowest BCUT2D eigenvalue weighted by Crippen LogP contribution is -2.20. The van der Waals surface area contributed by atoms with Crippen LogP contribution in [0.1, 0.15) is 21.5 Å². The summed E-state index contributed by atoms with van der Waals surface area (Å²) in [5, 5.41) is 7.42. The van der Waals surface area contributed by atoms with Gasteiger partial charge in [-0.3, -0.25) is 9.59 Å². The fourth-order valence-electron chi connectivity index (χ4n) is 2.95. The van der Waals surface area contributed by atoms with Gasteiger partial charge in [0.05, 0.1) is 25.5 Å². The minimum atomic E-state index is -0.404. The van der Waals surface area contributed by atoms with Gasteiger partial charge in [-0.25, -0.2) is 5.43 Å². The van der Waals surface area contributed by atoms with E-state index in [1.807, 2.05) is 6.92 Å².